The highest BCUT2D eigenvalue weighted by Crippen LogP contribution is 2.19. The van der Waals surface area contributed by atoms with Gasteiger partial charge in [-0.15, -0.1) is 0 Å². The summed E-state index contributed by atoms with van der Waals surface area (Å²) in [4.78, 5) is 8.36. The molecule has 0 atom stereocenters. The molecule has 19 heavy (non-hydrogen) atoms. The SMILES string of the molecule is CC(C)NCc1cncc(Oc2cccc(F)c2)n1. The van der Waals surface area contributed by atoms with Crippen LogP contribution in [0.2, 0.25) is 0 Å². The molecule has 0 spiro atoms. The first-order valence-electron chi connectivity index (χ1n) is 6.11. The van der Waals surface area contributed by atoms with Gasteiger partial charge in [-0.05, 0) is 12.1 Å². The van der Waals surface area contributed by atoms with Crippen LogP contribution in [-0.4, -0.2) is 16.0 Å². The zero-order valence-corrected chi connectivity index (χ0v) is 10.9. The molecule has 0 bridgehead atoms. The molecule has 100 valence electrons. The van der Waals surface area contributed by atoms with Crippen LogP contribution < -0.4 is 10.1 Å². The van der Waals surface area contributed by atoms with Gasteiger partial charge in [0.1, 0.15) is 11.6 Å². The Bertz CT molecular complexity index is 546. The lowest BCUT2D eigenvalue weighted by Crippen LogP contribution is -2.22. The molecule has 4 nitrogen and oxygen atoms in total. The van der Waals surface area contributed by atoms with E-state index in [2.05, 4.69) is 29.1 Å². The van der Waals surface area contributed by atoms with Crippen molar-refractivity contribution in [2.75, 3.05) is 0 Å². The van der Waals surface area contributed by atoms with Gasteiger partial charge in [0, 0.05) is 24.8 Å². The number of rotatable bonds is 5. The van der Waals surface area contributed by atoms with Crippen molar-refractivity contribution < 1.29 is 9.13 Å². The minimum absolute atomic E-state index is 0.344. The number of hydrogen-bond donors (Lipinski definition) is 1. The van der Waals surface area contributed by atoms with E-state index in [1.54, 1.807) is 18.3 Å². The van der Waals surface area contributed by atoms with E-state index in [9.17, 15) is 4.39 Å². The maximum atomic E-state index is 13.0. The summed E-state index contributed by atoms with van der Waals surface area (Å²) in [5.41, 5.74) is 0.780. The molecule has 5 heteroatoms. The third kappa shape index (κ3) is 4.30. The van der Waals surface area contributed by atoms with Gasteiger partial charge in [-0.3, -0.25) is 4.98 Å². The van der Waals surface area contributed by atoms with Crippen molar-refractivity contribution in [2.45, 2.75) is 26.4 Å². The summed E-state index contributed by atoms with van der Waals surface area (Å²) in [6.07, 6.45) is 3.18. The van der Waals surface area contributed by atoms with E-state index in [0.717, 1.165) is 5.69 Å². The van der Waals surface area contributed by atoms with Crippen molar-refractivity contribution in [1.29, 1.82) is 0 Å². The summed E-state index contributed by atoms with van der Waals surface area (Å²) in [6.45, 7) is 4.73. The Hall–Kier alpha value is -2.01. The van der Waals surface area contributed by atoms with Crippen LogP contribution in [0.15, 0.2) is 36.7 Å². The fraction of sp³-hybridized carbons (Fsp3) is 0.286. The first kappa shape index (κ1) is 13.4. The Balaban J connectivity index is 2.06. The molecule has 0 saturated carbocycles. The second-order valence-electron chi connectivity index (χ2n) is 4.44. The van der Waals surface area contributed by atoms with Crippen LogP contribution >= 0.6 is 0 Å². The van der Waals surface area contributed by atoms with E-state index in [4.69, 9.17) is 4.74 Å². The van der Waals surface area contributed by atoms with E-state index in [1.807, 2.05) is 0 Å². The summed E-state index contributed by atoms with van der Waals surface area (Å²) in [5.74, 6) is 0.417. The number of nitrogens with zero attached hydrogens (tertiary/aromatic N) is 2. The van der Waals surface area contributed by atoms with Crippen LogP contribution in [0.4, 0.5) is 4.39 Å². The number of ether oxygens (including phenoxy) is 1. The molecule has 2 aromatic rings. The molecule has 1 aromatic carbocycles. The number of aromatic nitrogens is 2. The van der Waals surface area contributed by atoms with E-state index >= 15 is 0 Å². The van der Waals surface area contributed by atoms with Crippen molar-refractivity contribution in [3.63, 3.8) is 0 Å². The Labute approximate surface area is 111 Å². The first-order chi connectivity index (χ1) is 9.13. The van der Waals surface area contributed by atoms with Crippen LogP contribution in [0.5, 0.6) is 11.6 Å². The Morgan fingerprint density at radius 3 is 2.89 bits per heavy atom. The van der Waals surface area contributed by atoms with Crippen LogP contribution in [0.1, 0.15) is 19.5 Å². The van der Waals surface area contributed by atoms with Crippen LogP contribution in [0.3, 0.4) is 0 Å². The smallest absolute Gasteiger partial charge is 0.238 e. The minimum atomic E-state index is -0.344. The molecule has 2 rings (SSSR count). The van der Waals surface area contributed by atoms with Crippen molar-refractivity contribution in [3.05, 3.63) is 48.2 Å². The zero-order valence-electron chi connectivity index (χ0n) is 10.9. The van der Waals surface area contributed by atoms with Gasteiger partial charge >= 0.3 is 0 Å². The zero-order chi connectivity index (χ0) is 13.7. The predicted molar refractivity (Wildman–Crippen MR) is 70.5 cm³/mol. The second kappa shape index (κ2) is 6.24. The predicted octanol–water partition coefficient (Wildman–Crippen LogP) is 2.91. The van der Waals surface area contributed by atoms with Crippen molar-refractivity contribution in [1.82, 2.24) is 15.3 Å². The molecule has 0 amide bonds. The second-order valence-corrected chi connectivity index (χ2v) is 4.44. The topological polar surface area (TPSA) is 47.0 Å². The van der Waals surface area contributed by atoms with Crippen molar-refractivity contribution in [2.24, 2.45) is 0 Å². The maximum absolute atomic E-state index is 13.0. The Kier molecular flexibility index (Phi) is 4.41. The third-order valence-corrected chi connectivity index (χ3v) is 2.37. The highest BCUT2D eigenvalue weighted by atomic mass is 19.1. The summed E-state index contributed by atoms with van der Waals surface area (Å²) >= 11 is 0. The molecular formula is C14H16FN3O. The Morgan fingerprint density at radius 2 is 2.16 bits per heavy atom. The number of halogens is 1. The average Bonchev–Trinajstić information content (AvgIpc) is 2.37. The molecule has 0 saturated heterocycles. The average molecular weight is 261 g/mol. The highest BCUT2D eigenvalue weighted by molar-refractivity contribution is 5.26. The lowest BCUT2D eigenvalue weighted by atomic mass is 10.3. The molecule has 1 N–H and O–H groups in total. The molecule has 0 aliphatic carbocycles. The van der Waals surface area contributed by atoms with E-state index in [0.29, 0.717) is 24.2 Å². The molecule has 0 unspecified atom stereocenters. The largest absolute Gasteiger partial charge is 0.437 e. The normalized spacial score (nSPS) is 10.7. The van der Waals surface area contributed by atoms with E-state index in [-0.39, 0.29) is 5.82 Å². The standard InChI is InChI=1S/C14H16FN3O/c1-10(2)17-8-12-7-16-9-14(18-12)19-13-5-3-4-11(15)6-13/h3-7,9-10,17H,8H2,1-2H3. The molecule has 0 radical (unpaired) electrons. The Morgan fingerprint density at radius 1 is 1.32 bits per heavy atom. The van der Waals surface area contributed by atoms with Crippen molar-refractivity contribution >= 4 is 0 Å². The molecule has 1 heterocycles. The van der Waals surface area contributed by atoms with Crippen molar-refractivity contribution in [3.8, 4) is 11.6 Å². The third-order valence-electron chi connectivity index (χ3n) is 2.37. The number of hydrogen-bond acceptors (Lipinski definition) is 4. The molecule has 0 aliphatic heterocycles. The lowest BCUT2D eigenvalue weighted by Gasteiger charge is -2.09. The van der Waals surface area contributed by atoms with Gasteiger partial charge < -0.3 is 10.1 Å². The lowest BCUT2D eigenvalue weighted by molar-refractivity contribution is 0.450. The van der Waals surface area contributed by atoms with Crippen LogP contribution in [-0.2, 0) is 6.54 Å². The quantitative estimate of drug-likeness (QED) is 0.899. The van der Waals surface area contributed by atoms with Gasteiger partial charge in [-0.2, -0.15) is 0 Å². The summed E-state index contributed by atoms with van der Waals surface area (Å²) in [7, 11) is 0. The minimum Gasteiger partial charge on any atom is -0.437 e. The fourth-order valence-corrected chi connectivity index (χ4v) is 1.48. The van der Waals surface area contributed by atoms with Gasteiger partial charge in [-0.1, -0.05) is 19.9 Å². The molecular weight excluding hydrogens is 245 g/mol. The number of benzene rings is 1. The monoisotopic (exact) mass is 261 g/mol. The van der Waals surface area contributed by atoms with E-state index in [1.165, 1.54) is 18.3 Å². The van der Waals surface area contributed by atoms with Gasteiger partial charge in [0.05, 0.1) is 11.9 Å². The number of nitrogens with one attached hydrogen (secondary N) is 1. The van der Waals surface area contributed by atoms with Crippen LogP contribution in [0, 0.1) is 5.82 Å². The molecule has 1 aromatic heterocycles. The van der Waals surface area contributed by atoms with Gasteiger partial charge in [-0.25, -0.2) is 9.37 Å². The fourth-order valence-electron chi connectivity index (χ4n) is 1.48. The van der Waals surface area contributed by atoms with Gasteiger partial charge in [0.25, 0.3) is 0 Å². The van der Waals surface area contributed by atoms with Gasteiger partial charge in [0.15, 0.2) is 0 Å². The van der Waals surface area contributed by atoms with E-state index < -0.39 is 0 Å². The maximum Gasteiger partial charge on any atom is 0.238 e. The summed E-state index contributed by atoms with van der Waals surface area (Å²) < 4.78 is 18.5. The summed E-state index contributed by atoms with van der Waals surface area (Å²) in [5, 5.41) is 3.24. The van der Waals surface area contributed by atoms with Crippen LogP contribution in [0.25, 0.3) is 0 Å². The van der Waals surface area contributed by atoms with Gasteiger partial charge in [0.2, 0.25) is 5.88 Å². The molecule has 0 fully saturated rings. The highest BCUT2D eigenvalue weighted by Gasteiger charge is 2.03. The first-order valence-corrected chi connectivity index (χ1v) is 6.11. The summed E-state index contributed by atoms with van der Waals surface area (Å²) in [6, 6.07) is 6.29. The molecule has 0 aliphatic rings.